The summed E-state index contributed by atoms with van der Waals surface area (Å²) in [6, 6.07) is 12.7. The molecule has 138 valence electrons. The standard InChI is InChI=1S/C18H15ClN4O3S/c1-25-16-8-12(9-21-23-17(24)10-20-22-18(23)27)6-7-15(16)26-11-13-4-2-3-5-14(13)19/h2-10H,11H2,1H3,(H,22,27)/b21-9+. The number of aromatic amines is 1. The van der Waals surface area contributed by atoms with E-state index in [0.29, 0.717) is 28.7 Å². The van der Waals surface area contributed by atoms with Crippen LogP contribution in [0.15, 0.2) is 58.6 Å². The number of nitrogens with one attached hydrogen (secondary N) is 1. The zero-order chi connectivity index (χ0) is 19.2. The number of benzene rings is 2. The number of hydrogen-bond acceptors (Lipinski definition) is 6. The minimum Gasteiger partial charge on any atom is -0.493 e. The minimum atomic E-state index is -0.429. The van der Waals surface area contributed by atoms with Gasteiger partial charge in [-0.3, -0.25) is 9.89 Å². The van der Waals surface area contributed by atoms with Gasteiger partial charge < -0.3 is 9.47 Å². The molecule has 0 saturated heterocycles. The van der Waals surface area contributed by atoms with E-state index >= 15 is 0 Å². The van der Waals surface area contributed by atoms with Crippen molar-refractivity contribution in [2.45, 2.75) is 6.61 Å². The highest BCUT2D eigenvalue weighted by Crippen LogP contribution is 2.29. The maximum absolute atomic E-state index is 11.7. The van der Waals surface area contributed by atoms with Gasteiger partial charge in [-0.2, -0.15) is 14.9 Å². The third-order valence-electron chi connectivity index (χ3n) is 3.59. The second-order valence-corrected chi connectivity index (χ2v) is 6.15. The van der Waals surface area contributed by atoms with Crippen LogP contribution < -0.4 is 15.0 Å². The number of hydrogen-bond donors (Lipinski definition) is 1. The average Bonchev–Trinajstić information content (AvgIpc) is 2.67. The van der Waals surface area contributed by atoms with Gasteiger partial charge in [0.15, 0.2) is 11.5 Å². The van der Waals surface area contributed by atoms with Crippen LogP contribution in [0.1, 0.15) is 11.1 Å². The molecule has 0 unspecified atom stereocenters. The van der Waals surface area contributed by atoms with E-state index in [-0.39, 0.29) is 4.77 Å². The molecule has 0 aliphatic rings. The number of ether oxygens (including phenoxy) is 2. The minimum absolute atomic E-state index is 0.102. The summed E-state index contributed by atoms with van der Waals surface area (Å²) < 4.78 is 12.3. The van der Waals surface area contributed by atoms with Crippen LogP contribution in [0.4, 0.5) is 0 Å². The van der Waals surface area contributed by atoms with Crippen LogP contribution in [0.5, 0.6) is 11.5 Å². The molecule has 0 saturated carbocycles. The Morgan fingerprint density at radius 3 is 2.85 bits per heavy atom. The first-order valence-corrected chi connectivity index (χ1v) is 8.62. The molecule has 0 atom stereocenters. The Morgan fingerprint density at radius 1 is 1.30 bits per heavy atom. The highest BCUT2D eigenvalue weighted by molar-refractivity contribution is 7.71. The molecule has 27 heavy (non-hydrogen) atoms. The second-order valence-electron chi connectivity index (χ2n) is 5.36. The van der Waals surface area contributed by atoms with Gasteiger partial charge in [0.1, 0.15) is 12.8 Å². The zero-order valence-electron chi connectivity index (χ0n) is 14.3. The van der Waals surface area contributed by atoms with E-state index in [1.54, 1.807) is 25.3 Å². The third-order valence-corrected chi connectivity index (χ3v) is 4.22. The molecular formula is C18H15ClN4O3S. The predicted molar refractivity (Wildman–Crippen MR) is 105 cm³/mol. The van der Waals surface area contributed by atoms with Gasteiger partial charge >= 0.3 is 0 Å². The fourth-order valence-corrected chi connectivity index (χ4v) is 2.61. The number of halogens is 1. The number of H-pyrrole nitrogens is 1. The molecule has 1 N–H and O–H groups in total. The molecule has 7 nitrogen and oxygen atoms in total. The monoisotopic (exact) mass is 402 g/mol. The first kappa shape index (κ1) is 18.8. The fraction of sp³-hybridized carbons (Fsp3) is 0.111. The summed E-state index contributed by atoms with van der Waals surface area (Å²) >= 11 is 11.1. The van der Waals surface area contributed by atoms with E-state index < -0.39 is 5.56 Å². The van der Waals surface area contributed by atoms with Crippen molar-refractivity contribution in [1.29, 1.82) is 0 Å². The highest BCUT2D eigenvalue weighted by Gasteiger charge is 2.07. The van der Waals surface area contributed by atoms with Crippen LogP contribution in [0.3, 0.4) is 0 Å². The average molecular weight is 403 g/mol. The fourth-order valence-electron chi connectivity index (χ4n) is 2.23. The topological polar surface area (TPSA) is 81.5 Å². The van der Waals surface area contributed by atoms with Gasteiger partial charge in [0, 0.05) is 10.6 Å². The van der Waals surface area contributed by atoms with Crippen LogP contribution >= 0.6 is 23.8 Å². The molecule has 0 aliphatic heterocycles. The largest absolute Gasteiger partial charge is 0.493 e. The van der Waals surface area contributed by atoms with Crippen LogP contribution in [0, 0.1) is 4.77 Å². The van der Waals surface area contributed by atoms with Crippen molar-refractivity contribution in [2.24, 2.45) is 5.10 Å². The number of methoxy groups -OCH3 is 1. The van der Waals surface area contributed by atoms with E-state index in [1.165, 1.54) is 6.21 Å². The molecule has 9 heteroatoms. The Kier molecular flexibility index (Phi) is 6.00. The number of nitrogens with zero attached hydrogens (tertiary/aromatic N) is 3. The molecular weight excluding hydrogens is 388 g/mol. The predicted octanol–water partition coefficient (Wildman–Crippen LogP) is 3.42. The van der Waals surface area contributed by atoms with Crippen LogP contribution in [0.2, 0.25) is 5.02 Å². The van der Waals surface area contributed by atoms with Gasteiger partial charge in [0.25, 0.3) is 5.56 Å². The smallest absolute Gasteiger partial charge is 0.293 e. The van der Waals surface area contributed by atoms with E-state index in [1.807, 2.05) is 24.3 Å². The summed E-state index contributed by atoms with van der Waals surface area (Å²) in [7, 11) is 1.54. The van der Waals surface area contributed by atoms with Crippen molar-refractivity contribution in [2.75, 3.05) is 7.11 Å². The summed E-state index contributed by atoms with van der Waals surface area (Å²) in [4.78, 5) is 11.7. The summed E-state index contributed by atoms with van der Waals surface area (Å²) in [5.41, 5.74) is 1.15. The Hall–Kier alpha value is -2.97. The molecule has 0 radical (unpaired) electrons. The lowest BCUT2D eigenvalue weighted by atomic mass is 10.2. The summed E-state index contributed by atoms with van der Waals surface area (Å²) in [5.74, 6) is 1.09. The van der Waals surface area contributed by atoms with Crippen molar-refractivity contribution in [3.63, 3.8) is 0 Å². The maximum Gasteiger partial charge on any atom is 0.293 e. The van der Waals surface area contributed by atoms with Crippen molar-refractivity contribution >= 4 is 30.0 Å². The highest BCUT2D eigenvalue weighted by atomic mass is 35.5. The SMILES string of the molecule is COc1cc(/C=N/n2c(=O)cn[nH]c2=S)ccc1OCc1ccccc1Cl. The Bertz CT molecular complexity index is 1070. The lowest BCUT2D eigenvalue weighted by Gasteiger charge is -2.12. The van der Waals surface area contributed by atoms with Crippen LogP contribution in [-0.4, -0.2) is 28.2 Å². The van der Waals surface area contributed by atoms with Gasteiger partial charge in [0.2, 0.25) is 4.77 Å². The van der Waals surface area contributed by atoms with Gasteiger partial charge in [0.05, 0.1) is 13.3 Å². The van der Waals surface area contributed by atoms with Crippen LogP contribution in [-0.2, 0) is 6.61 Å². The molecule has 0 amide bonds. The molecule has 1 heterocycles. The molecule has 3 aromatic rings. The maximum atomic E-state index is 11.7. The van der Waals surface area contributed by atoms with Crippen molar-refractivity contribution < 1.29 is 9.47 Å². The second kappa shape index (κ2) is 8.61. The lowest BCUT2D eigenvalue weighted by Crippen LogP contribution is -2.18. The Balaban J connectivity index is 1.80. The number of aromatic nitrogens is 3. The summed E-state index contributed by atoms with van der Waals surface area (Å²) in [6.45, 7) is 0.311. The first-order chi connectivity index (χ1) is 13.1. The van der Waals surface area contributed by atoms with Crippen molar-refractivity contribution in [1.82, 2.24) is 14.9 Å². The molecule has 3 rings (SSSR count). The van der Waals surface area contributed by atoms with Crippen molar-refractivity contribution in [3.8, 4) is 11.5 Å². The van der Waals surface area contributed by atoms with Gasteiger partial charge in [-0.25, -0.2) is 0 Å². The normalized spacial score (nSPS) is 10.9. The quantitative estimate of drug-likeness (QED) is 0.504. The molecule has 0 spiro atoms. The molecule has 0 fully saturated rings. The summed E-state index contributed by atoms with van der Waals surface area (Å²) in [6.07, 6.45) is 2.59. The van der Waals surface area contributed by atoms with Crippen molar-refractivity contribution in [3.05, 3.63) is 79.9 Å². The Labute approximate surface area is 164 Å². The van der Waals surface area contributed by atoms with E-state index in [0.717, 1.165) is 16.4 Å². The zero-order valence-corrected chi connectivity index (χ0v) is 15.8. The lowest BCUT2D eigenvalue weighted by molar-refractivity contribution is 0.284. The molecule has 0 bridgehead atoms. The summed E-state index contributed by atoms with van der Waals surface area (Å²) in [5, 5.41) is 10.8. The van der Waals surface area contributed by atoms with E-state index in [9.17, 15) is 4.79 Å². The molecule has 2 aromatic carbocycles. The van der Waals surface area contributed by atoms with Crippen LogP contribution in [0.25, 0.3) is 0 Å². The van der Waals surface area contributed by atoms with E-state index in [2.05, 4.69) is 15.3 Å². The van der Waals surface area contributed by atoms with E-state index in [4.69, 9.17) is 33.3 Å². The third kappa shape index (κ3) is 4.60. The number of rotatable bonds is 6. The van der Waals surface area contributed by atoms with Gasteiger partial charge in [-0.1, -0.05) is 29.8 Å². The van der Waals surface area contributed by atoms with Gasteiger partial charge in [-0.05, 0) is 42.0 Å². The van der Waals surface area contributed by atoms with Gasteiger partial charge in [-0.15, -0.1) is 0 Å². The molecule has 1 aromatic heterocycles. The first-order valence-electron chi connectivity index (χ1n) is 7.84. The molecule has 0 aliphatic carbocycles. The Morgan fingerprint density at radius 2 is 2.11 bits per heavy atom.